The van der Waals surface area contributed by atoms with Gasteiger partial charge < -0.3 is 15.0 Å². The second-order valence-electron chi connectivity index (χ2n) is 7.04. The third-order valence-corrected chi connectivity index (χ3v) is 5.31. The van der Waals surface area contributed by atoms with Gasteiger partial charge in [-0.1, -0.05) is 18.0 Å². The average molecular weight is 391 g/mol. The molecule has 1 aromatic heterocycles. The normalized spacial score (nSPS) is 17.7. The van der Waals surface area contributed by atoms with Crippen molar-refractivity contribution >= 4 is 23.3 Å². The van der Waals surface area contributed by atoms with Crippen molar-refractivity contribution in [1.29, 1.82) is 0 Å². The van der Waals surface area contributed by atoms with Gasteiger partial charge in [0.25, 0.3) is 0 Å². The molecule has 3 rings (SSSR count). The molecule has 1 aliphatic rings. The van der Waals surface area contributed by atoms with E-state index in [1.54, 1.807) is 31.4 Å². The van der Waals surface area contributed by atoms with Crippen molar-refractivity contribution in [3.05, 3.63) is 29.3 Å². The summed E-state index contributed by atoms with van der Waals surface area (Å²) in [5.41, 5.74) is 1.45. The van der Waals surface area contributed by atoms with Crippen LogP contribution in [0.5, 0.6) is 5.75 Å². The maximum atomic E-state index is 12.2. The molecule has 1 aliphatic heterocycles. The van der Waals surface area contributed by atoms with E-state index in [2.05, 4.69) is 27.3 Å². The quantitative estimate of drug-likeness (QED) is 0.738. The number of methoxy groups -OCH3 is 1. The van der Waals surface area contributed by atoms with E-state index in [0.29, 0.717) is 34.7 Å². The highest BCUT2D eigenvalue weighted by molar-refractivity contribution is 6.31. The number of likely N-dealkylation sites (tertiary alicyclic amines) is 1. The number of carbonyl (C=O) groups excluding carboxylic acids is 1. The van der Waals surface area contributed by atoms with Gasteiger partial charge >= 0.3 is 0 Å². The zero-order chi connectivity index (χ0) is 19.2. The highest BCUT2D eigenvalue weighted by atomic mass is 35.5. The predicted molar refractivity (Wildman–Crippen MR) is 108 cm³/mol. The molecule has 0 radical (unpaired) electrons. The van der Waals surface area contributed by atoms with E-state index in [0.717, 1.165) is 25.1 Å². The van der Waals surface area contributed by atoms with Crippen LogP contribution < -0.4 is 10.1 Å². The SMILES string of the molecule is COc1ccc(Cl)cc1-c1cc(NC(=O)CCCN2CCCCC2C)[nH]n1. The smallest absolute Gasteiger partial charge is 0.225 e. The first-order valence-electron chi connectivity index (χ1n) is 9.50. The maximum absolute atomic E-state index is 12.2. The van der Waals surface area contributed by atoms with Gasteiger partial charge in [-0.3, -0.25) is 9.89 Å². The summed E-state index contributed by atoms with van der Waals surface area (Å²) < 4.78 is 5.36. The Balaban J connectivity index is 1.53. The van der Waals surface area contributed by atoms with Gasteiger partial charge in [0.15, 0.2) is 0 Å². The summed E-state index contributed by atoms with van der Waals surface area (Å²) in [6.07, 6.45) is 5.20. The van der Waals surface area contributed by atoms with Gasteiger partial charge in [-0.2, -0.15) is 5.10 Å². The minimum Gasteiger partial charge on any atom is -0.496 e. The number of hydrogen-bond donors (Lipinski definition) is 2. The second kappa shape index (κ2) is 9.24. The topological polar surface area (TPSA) is 70.2 Å². The van der Waals surface area contributed by atoms with Crippen molar-refractivity contribution in [1.82, 2.24) is 15.1 Å². The fourth-order valence-electron chi connectivity index (χ4n) is 3.55. The Morgan fingerprint density at radius 3 is 3.04 bits per heavy atom. The van der Waals surface area contributed by atoms with Gasteiger partial charge in [0.1, 0.15) is 11.6 Å². The van der Waals surface area contributed by atoms with Crippen molar-refractivity contribution in [3.63, 3.8) is 0 Å². The van der Waals surface area contributed by atoms with Crippen LogP contribution in [0.25, 0.3) is 11.3 Å². The molecule has 146 valence electrons. The van der Waals surface area contributed by atoms with Crippen LogP contribution in [0.4, 0.5) is 5.82 Å². The molecule has 1 atom stereocenters. The number of H-pyrrole nitrogens is 1. The molecule has 2 heterocycles. The fourth-order valence-corrected chi connectivity index (χ4v) is 3.72. The number of anilines is 1. The minimum absolute atomic E-state index is 0.00655. The van der Waals surface area contributed by atoms with Crippen LogP contribution in [-0.4, -0.2) is 47.2 Å². The summed E-state index contributed by atoms with van der Waals surface area (Å²) in [5.74, 6) is 1.25. The molecular weight excluding hydrogens is 364 g/mol. The van der Waals surface area contributed by atoms with Gasteiger partial charge in [0.05, 0.1) is 12.8 Å². The molecule has 1 aromatic carbocycles. The summed E-state index contributed by atoms with van der Waals surface area (Å²) in [6, 6.07) is 7.78. The van der Waals surface area contributed by atoms with Crippen molar-refractivity contribution in [2.75, 3.05) is 25.5 Å². The van der Waals surface area contributed by atoms with Crippen LogP contribution in [-0.2, 0) is 4.79 Å². The summed E-state index contributed by atoms with van der Waals surface area (Å²) in [4.78, 5) is 14.7. The number of aromatic amines is 1. The van der Waals surface area contributed by atoms with Gasteiger partial charge in [-0.05, 0) is 57.5 Å². The first-order valence-corrected chi connectivity index (χ1v) is 9.88. The van der Waals surface area contributed by atoms with Crippen molar-refractivity contribution < 1.29 is 9.53 Å². The van der Waals surface area contributed by atoms with Crippen molar-refractivity contribution in [2.24, 2.45) is 0 Å². The van der Waals surface area contributed by atoms with Crippen LogP contribution in [0.2, 0.25) is 5.02 Å². The summed E-state index contributed by atoms with van der Waals surface area (Å²) >= 11 is 6.08. The number of rotatable bonds is 7. The third-order valence-electron chi connectivity index (χ3n) is 5.08. The molecule has 6 nitrogen and oxygen atoms in total. The molecular formula is C20H27ClN4O2. The molecule has 2 N–H and O–H groups in total. The highest BCUT2D eigenvalue weighted by Crippen LogP contribution is 2.32. The van der Waals surface area contributed by atoms with Gasteiger partial charge in [0, 0.05) is 29.1 Å². The lowest BCUT2D eigenvalue weighted by Crippen LogP contribution is -2.38. The van der Waals surface area contributed by atoms with E-state index in [1.807, 2.05) is 0 Å². The number of halogens is 1. The third kappa shape index (κ3) is 5.23. The maximum Gasteiger partial charge on any atom is 0.225 e. The Labute approximate surface area is 165 Å². The number of ether oxygens (including phenoxy) is 1. The fraction of sp³-hybridized carbons (Fsp3) is 0.500. The number of amides is 1. The lowest BCUT2D eigenvalue weighted by molar-refractivity contribution is -0.116. The number of aromatic nitrogens is 2. The largest absolute Gasteiger partial charge is 0.496 e. The second-order valence-corrected chi connectivity index (χ2v) is 7.48. The molecule has 0 spiro atoms. The number of hydrogen-bond acceptors (Lipinski definition) is 4. The van der Waals surface area contributed by atoms with E-state index in [9.17, 15) is 4.79 Å². The molecule has 1 unspecified atom stereocenters. The summed E-state index contributed by atoms with van der Waals surface area (Å²) in [6.45, 7) is 4.39. The van der Waals surface area contributed by atoms with Crippen molar-refractivity contribution in [3.8, 4) is 17.0 Å². The van der Waals surface area contributed by atoms with Crippen molar-refractivity contribution in [2.45, 2.75) is 45.1 Å². The van der Waals surface area contributed by atoms with E-state index >= 15 is 0 Å². The predicted octanol–water partition coefficient (Wildman–Crippen LogP) is 4.33. The van der Waals surface area contributed by atoms with Crippen LogP contribution in [0.3, 0.4) is 0 Å². The number of piperidine rings is 1. The lowest BCUT2D eigenvalue weighted by atomic mass is 10.0. The monoisotopic (exact) mass is 390 g/mol. The Kier molecular flexibility index (Phi) is 6.74. The number of nitrogens with zero attached hydrogens (tertiary/aromatic N) is 2. The zero-order valence-electron chi connectivity index (χ0n) is 15.9. The Bertz CT molecular complexity index is 777. The summed E-state index contributed by atoms with van der Waals surface area (Å²) in [7, 11) is 1.60. The molecule has 0 saturated carbocycles. The van der Waals surface area contributed by atoms with Gasteiger partial charge in [-0.25, -0.2) is 0 Å². The molecule has 0 aliphatic carbocycles. The number of nitrogens with one attached hydrogen (secondary N) is 2. The molecule has 1 amide bonds. The van der Waals surface area contributed by atoms with Crippen LogP contribution in [0, 0.1) is 0 Å². The molecule has 1 fully saturated rings. The Morgan fingerprint density at radius 2 is 2.26 bits per heavy atom. The number of benzene rings is 1. The van der Waals surface area contributed by atoms with E-state index in [4.69, 9.17) is 16.3 Å². The molecule has 27 heavy (non-hydrogen) atoms. The molecule has 7 heteroatoms. The average Bonchev–Trinajstić information content (AvgIpc) is 3.11. The zero-order valence-corrected chi connectivity index (χ0v) is 16.7. The van der Waals surface area contributed by atoms with Crippen LogP contribution in [0.15, 0.2) is 24.3 Å². The Morgan fingerprint density at radius 1 is 1.41 bits per heavy atom. The van der Waals surface area contributed by atoms with Gasteiger partial charge in [-0.15, -0.1) is 0 Å². The van der Waals surface area contributed by atoms with Crippen LogP contribution >= 0.6 is 11.6 Å². The first-order chi connectivity index (χ1) is 13.1. The molecule has 1 saturated heterocycles. The van der Waals surface area contributed by atoms with E-state index < -0.39 is 0 Å². The first kappa shape index (κ1) is 19.7. The van der Waals surface area contributed by atoms with E-state index in [1.165, 1.54) is 19.3 Å². The number of carbonyl (C=O) groups is 1. The Hall–Kier alpha value is -2.05. The standard InChI is InChI=1S/C20H27ClN4O2/c1-14-6-3-4-10-25(14)11-5-7-20(26)22-19-13-17(23-24-19)16-12-15(21)8-9-18(16)27-2/h8-9,12-14H,3-7,10-11H2,1-2H3,(H2,22,23,24,26). The lowest BCUT2D eigenvalue weighted by Gasteiger charge is -2.33. The van der Waals surface area contributed by atoms with E-state index in [-0.39, 0.29) is 5.91 Å². The summed E-state index contributed by atoms with van der Waals surface area (Å²) in [5, 5.41) is 10.6. The molecule has 2 aromatic rings. The van der Waals surface area contributed by atoms with Gasteiger partial charge in [0.2, 0.25) is 5.91 Å². The highest BCUT2D eigenvalue weighted by Gasteiger charge is 2.18. The minimum atomic E-state index is -0.00655. The molecule has 0 bridgehead atoms. The van der Waals surface area contributed by atoms with Crippen LogP contribution in [0.1, 0.15) is 39.0 Å².